The number of alkyl carbamates (subject to hydrolysis) is 1. The van der Waals surface area contributed by atoms with Crippen molar-refractivity contribution in [3.8, 4) is 17.0 Å². The number of carbonyl (C=O) groups excluding carboxylic acids is 2. The monoisotopic (exact) mass is 614 g/mol. The van der Waals surface area contributed by atoms with Crippen molar-refractivity contribution in [2.24, 2.45) is 5.92 Å². The summed E-state index contributed by atoms with van der Waals surface area (Å²) >= 11 is 0. The molecule has 2 atom stereocenters. The van der Waals surface area contributed by atoms with Crippen molar-refractivity contribution < 1.29 is 28.5 Å². The van der Waals surface area contributed by atoms with Crippen LogP contribution in [0.1, 0.15) is 52.4 Å². The van der Waals surface area contributed by atoms with E-state index in [4.69, 9.17) is 23.9 Å². The third kappa shape index (κ3) is 12.7. The molecule has 2 rings (SSSR count). The van der Waals surface area contributed by atoms with Crippen LogP contribution in [0, 0.1) is 5.92 Å². The van der Waals surface area contributed by atoms with Crippen LogP contribution in [0.25, 0.3) is 11.3 Å². The van der Waals surface area contributed by atoms with Gasteiger partial charge in [-0.3, -0.25) is 5.32 Å². The van der Waals surface area contributed by atoms with E-state index >= 15 is 0 Å². The Morgan fingerprint density at radius 3 is 2.47 bits per heavy atom. The number of methoxy groups -OCH3 is 1. The van der Waals surface area contributed by atoms with Gasteiger partial charge in [0, 0.05) is 38.2 Å². The summed E-state index contributed by atoms with van der Waals surface area (Å²) < 4.78 is 24.5. The largest absolute Gasteiger partial charge is 0.493 e. The number of carbonyl (C=O) groups is 2. The molecule has 1 aromatic heterocycles. The maximum absolute atomic E-state index is 12.8. The molecule has 2 aromatic rings. The number of ether oxygens (including phenoxy) is 4. The van der Waals surface area contributed by atoms with Gasteiger partial charge < -0.3 is 28.8 Å². The molecule has 1 heterocycles. The number of benzene rings is 1. The Morgan fingerprint density at radius 2 is 1.86 bits per heavy atom. The van der Waals surface area contributed by atoms with Crippen molar-refractivity contribution in [3.63, 3.8) is 0 Å². The molecule has 0 saturated carbocycles. The summed E-state index contributed by atoms with van der Waals surface area (Å²) in [6.07, 6.45) is 5.56. The average molecular weight is 615 g/mol. The molecule has 1 unspecified atom stereocenters. The van der Waals surface area contributed by atoms with Crippen molar-refractivity contribution in [1.29, 1.82) is 0 Å². The van der Waals surface area contributed by atoms with Crippen LogP contribution >= 0.6 is 0 Å². The Hall–Kier alpha value is -3.57. The second kappa shape index (κ2) is 16.3. The highest BCUT2D eigenvalue weighted by molar-refractivity contribution is 6.76. The summed E-state index contributed by atoms with van der Waals surface area (Å²) in [5.41, 5.74) is 1.21. The molecule has 238 valence electrons. The zero-order valence-corrected chi connectivity index (χ0v) is 28.1. The third-order valence-corrected chi connectivity index (χ3v) is 8.07. The molecule has 0 spiro atoms. The van der Waals surface area contributed by atoms with Gasteiger partial charge in [0.2, 0.25) is 0 Å². The van der Waals surface area contributed by atoms with Gasteiger partial charge in [-0.2, -0.15) is 0 Å². The lowest BCUT2D eigenvalue weighted by atomic mass is 10.1. The van der Waals surface area contributed by atoms with Crippen LogP contribution < -0.4 is 15.4 Å². The quantitative estimate of drug-likeness (QED) is 0.113. The normalized spacial score (nSPS) is 13.0. The number of hydrogen-bond donors (Lipinski definition) is 2. The second-order valence-corrected chi connectivity index (χ2v) is 18.3. The number of hydrogen-bond acceptors (Lipinski definition) is 7. The minimum Gasteiger partial charge on any atom is -0.493 e. The molecular formula is C32H50N4O6Si. The molecule has 0 aliphatic heterocycles. The van der Waals surface area contributed by atoms with E-state index in [1.54, 1.807) is 18.2 Å². The molecule has 0 saturated heterocycles. The number of amides is 2. The maximum Gasteiger partial charge on any atom is 0.411 e. The van der Waals surface area contributed by atoms with Crippen LogP contribution in [0.3, 0.4) is 0 Å². The third-order valence-electron chi connectivity index (χ3n) is 6.36. The molecule has 0 aliphatic rings. The number of allylic oxidation sites excluding steroid dienone is 1. The van der Waals surface area contributed by atoms with Gasteiger partial charge in [-0.15, -0.1) is 13.2 Å². The Kier molecular flexibility index (Phi) is 13.5. The molecule has 0 bridgehead atoms. The topological polar surface area (TPSA) is 113 Å². The van der Waals surface area contributed by atoms with Crippen LogP contribution in [0.15, 0.2) is 49.7 Å². The minimum atomic E-state index is -1.29. The maximum atomic E-state index is 12.8. The molecule has 2 N–H and O–H groups in total. The fourth-order valence-electron chi connectivity index (χ4n) is 3.90. The Bertz CT molecular complexity index is 1230. The van der Waals surface area contributed by atoms with Gasteiger partial charge in [-0.05, 0) is 57.7 Å². The Balaban J connectivity index is 2.53. The van der Waals surface area contributed by atoms with Crippen molar-refractivity contribution in [1.82, 2.24) is 14.9 Å². The van der Waals surface area contributed by atoms with Gasteiger partial charge in [0.1, 0.15) is 23.9 Å². The number of anilines is 1. The minimum absolute atomic E-state index is 0.255. The summed E-state index contributed by atoms with van der Waals surface area (Å²) in [7, 11) is 0.0229. The van der Waals surface area contributed by atoms with Gasteiger partial charge in [0.15, 0.2) is 0 Å². The van der Waals surface area contributed by atoms with Crippen LogP contribution in [-0.2, 0) is 20.9 Å². The Labute approximate surface area is 257 Å². The number of rotatable bonds is 16. The summed E-state index contributed by atoms with van der Waals surface area (Å²) in [5.74, 6) is 1.41. The zero-order valence-electron chi connectivity index (χ0n) is 27.1. The van der Waals surface area contributed by atoms with E-state index in [-0.39, 0.29) is 12.6 Å². The number of aromatic nitrogens is 2. The summed E-state index contributed by atoms with van der Waals surface area (Å²) in [4.78, 5) is 29.6. The lowest BCUT2D eigenvalue weighted by molar-refractivity contribution is 0.0492. The summed E-state index contributed by atoms with van der Waals surface area (Å²) in [6.45, 7) is 23.5. The van der Waals surface area contributed by atoms with Crippen LogP contribution in [0.4, 0.5) is 15.3 Å². The van der Waals surface area contributed by atoms with Gasteiger partial charge in [-0.25, -0.2) is 14.6 Å². The number of nitrogens with zero attached hydrogens (tertiary/aromatic N) is 2. The molecule has 0 radical (unpaired) electrons. The van der Waals surface area contributed by atoms with Gasteiger partial charge in [-0.1, -0.05) is 38.7 Å². The first-order chi connectivity index (χ1) is 20.2. The highest BCUT2D eigenvalue weighted by Crippen LogP contribution is 2.34. The first-order valence-corrected chi connectivity index (χ1v) is 18.4. The van der Waals surface area contributed by atoms with Gasteiger partial charge in [0.05, 0.1) is 25.5 Å². The lowest BCUT2D eigenvalue weighted by Crippen LogP contribution is -2.36. The van der Waals surface area contributed by atoms with E-state index < -0.39 is 31.9 Å². The molecule has 1 aromatic carbocycles. The lowest BCUT2D eigenvalue weighted by Gasteiger charge is -2.23. The predicted molar refractivity (Wildman–Crippen MR) is 174 cm³/mol. The van der Waals surface area contributed by atoms with E-state index in [1.807, 2.05) is 43.7 Å². The van der Waals surface area contributed by atoms with E-state index in [1.165, 1.54) is 7.11 Å². The van der Waals surface area contributed by atoms with E-state index in [2.05, 4.69) is 50.4 Å². The molecule has 43 heavy (non-hydrogen) atoms. The van der Waals surface area contributed by atoms with E-state index in [0.717, 1.165) is 18.0 Å². The molecule has 11 heteroatoms. The predicted octanol–water partition coefficient (Wildman–Crippen LogP) is 7.77. The number of nitrogens with one attached hydrogen (secondary N) is 2. The summed E-state index contributed by atoms with van der Waals surface area (Å²) in [6, 6.07) is 5.85. The highest BCUT2D eigenvalue weighted by Gasteiger charge is 2.25. The standard InChI is InChI=1S/C32H50N4O6Si/c1-11-13-26(35-31(38)42-32(4,5)6)29-34-27(21-36(29)22-40-18-19-43(8,9)10)25-15-14-24(33-30(37)39-7)20-28(25)41-17-16-23(3)12-2/h11-12,14-15,20-21,23,26H,1-2,13,16-19,22H2,3-10H3,(H,33,37)(H,35,38)/t23?,26-/m0/s1. The fraction of sp³-hybridized carbons (Fsp3) is 0.531. The number of imidazole rings is 1. The van der Waals surface area contributed by atoms with Crippen molar-refractivity contribution >= 4 is 25.9 Å². The molecule has 2 amide bonds. The SMILES string of the molecule is C=CC[C@H](NC(=O)OC(C)(C)C)c1nc(-c2ccc(NC(=O)OC)cc2OCCC(C)C=C)cn1COCC[Si](C)(C)C. The van der Waals surface area contributed by atoms with E-state index in [0.29, 0.717) is 42.6 Å². The van der Waals surface area contributed by atoms with Crippen molar-refractivity contribution in [3.05, 3.63) is 55.5 Å². The Morgan fingerprint density at radius 1 is 1.14 bits per heavy atom. The average Bonchev–Trinajstić information content (AvgIpc) is 3.33. The van der Waals surface area contributed by atoms with Crippen molar-refractivity contribution in [2.75, 3.05) is 25.6 Å². The zero-order chi connectivity index (χ0) is 32.2. The first kappa shape index (κ1) is 35.6. The smallest absolute Gasteiger partial charge is 0.411 e. The molecular weight excluding hydrogens is 564 g/mol. The first-order valence-electron chi connectivity index (χ1n) is 14.7. The van der Waals surface area contributed by atoms with Crippen LogP contribution in [-0.4, -0.2) is 55.7 Å². The van der Waals surface area contributed by atoms with Gasteiger partial charge >= 0.3 is 12.2 Å². The molecule has 10 nitrogen and oxygen atoms in total. The van der Waals surface area contributed by atoms with E-state index in [9.17, 15) is 9.59 Å². The second-order valence-electron chi connectivity index (χ2n) is 12.7. The highest BCUT2D eigenvalue weighted by atomic mass is 28.3. The van der Waals surface area contributed by atoms with Gasteiger partial charge in [0.25, 0.3) is 0 Å². The summed E-state index contributed by atoms with van der Waals surface area (Å²) in [5, 5.41) is 5.64. The fourth-order valence-corrected chi connectivity index (χ4v) is 4.66. The molecule has 0 fully saturated rings. The van der Waals surface area contributed by atoms with Crippen LogP contribution in [0.2, 0.25) is 25.7 Å². The van der Waals surface area contributed by atoms with Crippen molar-refractivity contribution in [2.45, 2.75) is 84.6 Å². The van der Waals surface area contributed by atoms with Crippen LogP contribution in [0.5, 0.6) is 5.75 Å². The molecule has 0 aliphatic carbocycles.